The topological polar surface area (TPSA) is 38.1 Å². The van der Waals surface area contributed by atoms with Crippen molar-refractivity contribution in [3.8, 4) is 5.69 Å². The quantitative estimate of drug-likeness (QED) is 0.503. The van der Waals surface area contributed by atoms with Gasteiger partial charge >= 0.3 is 0 Å². The molecule has 0 unspecified atom stereocenters. The Morgan fingerprint density at radius 1 is 1.00 bits per heavy atom. The van der Waals surface area contributed by atoms with Crippen molar-refractivity contribution >= 4 is 27.5 Å². The van der Waals surface area contributed by atoms with Crippen LogP contribution in [0.25, 0.3) is 15.9 Å². The molecule has 0 spiro atoms. The van der Waals surface area contributed by atoms with E-state index >= 15 is 0 Å². The second kappa shape index (κ2) is 6.67. The smallest absolute Gasteiger partial charge is 0.254 e. The first-order valence-electron chi connectivity index (χ1n) is 9.19. The number of hydrogen-bond donors (Lipinski definition) is 0. The predicted molar refractivity (Wildman–Crippen MR) is 108 cm³/mol. The van der Waals surface area contributed by atoms with E-state index in [1.807, 2.05) is 76.5 Å². The molecular weight excluding hydrogens is 354 g/mol. The third kappa shape index (κ3) is 2.94. The summed E-state index contributed by atoms with van der Waals surface area (Å²) in [6.07, 6.45) is 6.00. The average molecular weight is 373 g/mol. The average Bonchev–Trinajstić information content (AvgIpc) is 3.47. The maximum Gasteiger partial charge on any atom is 0.254 e. The number of rotatable bonds is 3. The Kier molecular flexibility index (Phi) is 4.02. The van der Waals surface area contributed by atoms with Gasteiger partial charge in [-0.3, -0.25) is 4.79 Å². The molecule has 0 aliphatic carbocycles. The van der Waals surface area contributed by atoms with Gasteiger partial charge in [-0.25, -0.2) is 4.98 Å². The van der Waals surface area contributed by atoms with E-state index in [0.717, 1.165) is 41.2 Å². The zero-order valence-electron chi connectivity index (χ0n) is 14.8. The number of benzene rings is 2. The van der Waals surface area contributed by atoms with E-state index in [0.29, 0.717) is 0 Å². The van der Waals surface area contributed by atoms with Crippen LogP contribution in [0.3, 0.4) is 0 Å². The minimum atomic E-state index is 0.0824. The van der Waals surface area contributed by atoms with Crippen LogP contribution < -0.4 is 0 Å². The summed E-state index contributed by atoms with van der Waals surface area (Å²) in [6.45, 7) is 0.790. The van der Waals surface area contributed by atoms with Crippen molar-refractivity contribution in [2.24, 2.45) is 0 Å². The number of amides is 1. The molecule has 27 heavy (non-hydrogen) atoms. The Hall–Kier alpha value is -2.92. The SMILES string of the molecule is O=C(c1ccc(-n2cccc2)cc1)N1CCC[C@H]1c1nc2ccccc2s1. The molecule has 5 heteroatoms. The first-order chi connectivity index (χ1) is 13.3. The molecule has 2 aromatic carbocycles. The normalized spacial score (nSPS) is 16.9. The van der Waals surface area contributed by atoms with E-state index in [1.54, 1.807) is 11.3 Å². The summed E-state index contributed by atoms with van der Waals surface area (Å²) in [4.78, 5) is 19.9. The van der Waals surface area contributed by atoms with Gasteiger partial charge in [0.1, 0.15) is 5.01 Å². The van der Waals surface area contributed by atoms with Crippen LogP contribution in [0.2, 0.25) is 0 Å². The van der Waals surface area contributed by atoms with E-state index in [4.69, 9.17) is 4.98 Å². The van der Waals surface area contributed by atoms with Gasteiger partial charge in [-0.2, -0.15) is 0 Å². The van der Waals surface area contributed by atoms with Crippen molar-refractivity contribution in [2.75, 3.05) is 6.54 Å². The molecule has 1 atom stereocenters. The van der Waals surface area contributed by atoms with Gasteiger partial charge in [0.2, 0.25) is 0 Å². The minimum absolute atomic E-state index is 0.0824. The Morgan fingerprint density at radius 2 is 1.78 bits per heavy atom. The number of aromatic nitrogens is 2. The van der Waals surface area contributed by atoms with Gasteiger partial charge in [0.25, 0.3) is 5.91 Å². The maximum atomic E-state index is 13.1. The molecule has 0 saturated carbocycles. The lowest BCUT2D eigenvalue weighted by Gasteiger charge is -2.23. The van der Waals surface area contributed by atoms with Crippen molar-refractivity contribution in [1.82, 2.24) is 14.5 Å². The first-order valence-corrected chi connectivity index (χ1v) is 10.0. The van der Waals surface area contributed by atoms with E-state index in [1.165, 1.54) is 4.70 Å². The third-order valence-electron chi connectivity index (χ3n) is 5.13. The number of hydrogen-bond acceptors (Lipinski definition) is 3. The van der Waals surface area contributed by atoms with Crippen molar-refractivity contribution in [3.63, 3.8) is 0 Å². The summed E-state index contributed by atoms with van der Waals surface area (Å²) in [5, 5.41) is 1.05. The predicted octanol–water partition coefficient (Wildman–Crippen LogP) is 5.06. The molecule has 1 amide bonds. The zero-order valence-corrected chi connectivity index (χ0v) is 15.6. The second-order valence-electron chi connectivity index (χ2n) is 6.81. The van der Waals surface area contributed by atoms with Gasteiger partial charge in [-0.15, -0.1) is 11.3 Å². The number of para-hydroxylation sites is 1. The van der Waals surface area contributed by atoms with Gasteiger partial charge in [0, 0.05) is 30.2 Å². The van der Waals surface area contributed by atoms with Crippen LogP contribution in [-0.2, 0) is 0 Å². The van der Waals surface area contributed by atoms with Gasteiger partial charge < -0.3 is 9.47 Å². The molecule has 134 valence electrons. The van der Waals surface area contributed by atoms with E-state index in [2.05, 4.69) is 6.07 Å². The first kappa shape index (κ1) is 16.3. The Balaban J connectivity index is 1.41. The molecule has 1 aliphatic rings. The fraction of sp³-hybridized carbons (Fsp3) is 0.182. The van der Waals surface area contributed by atoms with Crippen molar-refractivity contribution in [2.45, 2.75) is 18.9 Å². The molecule has 1 saturated heterocycles. The Bertz CT molecular complexity index is 1050. The fourth-order valence-corrected chi connectivity index (χ4v) is 4.86. The number of carbonyl (C=O) groups excluding carboxylic acids is 1. The maximum absolute atomic E-state index is 13.1. The summed E-state index contributed by atoms with van der Waals surface area (Å²) in [7, 11) is 0. The monoisotopic (exact) mass is 373 g/mol. The lowest BCUT2D eigenvalue weighted by atomic mass is 10.1. The van der Waals surface area contributed by atoms with Crippen molar-refractivity contribution in [1.29, 1.82) is 0 Å². The van der Waals surface area contributed by atoms with Crippen molar-refractivity contribution < 1.29 is 4.79 Å². The number of likely N-dealkylation sites (tertiary alicyclic amines) is 1. The largest absolute Gasteiger partial charge is 0.329 e. The Morgan fingerprint density at radius 3 is 2.56 bits per heavy atom. The van der Waals surface area contributed by atoms with Crippen LogP contribution >= 0.6 is 11.3 Å². The van der Waals surface area contributed by atoms with Crippen LogP contribution in [0, 0.1) is 0 Å². The fourth-order valence-electron chi connectivity index (χ4n) is 3.75. The second-order valence-corrected chi connectivity index (χ2v) is 7.88. The molecular formula is C22H19N3OS. The third-order valence-corrected chi connectivity index (χ3v) is 6.26. The van der Waals surface area contributed by atoms with Crippen LogP contribution in [0.15, 0.2) is 73.1 Å². The lowest BCUT2D eigenvalue weighted by molar-refractivity contribution is 0.0735. The summed E-state index contributed by atoms with van der Waals surface area (Å²) in [5.41, 5.74) is 2.81. The molecule has 2 aromatic heterocycles. The highest BCUT2D eigenvalue weighted by molar-refractivity contribution is 7.18. The summed E-state index contributed by atoms with van der Waals surface area (Å²) >= 11 is 1.70. The molecule has 5 rings (SSSR count). The van der Waals surface area contributed by atoms with Gasteiger partial charge in [-0.05, 0) is 61.4 Å². The molecule has 0 N–H and O–H groups in total. The number of carbonyl (C=O) groups is 1. The number of thiazole rings is 1. The zero-order chi connectivity index (χ0) is 18.2. The molecule has 4 aromatic rings. The van der Waals surface area contributed by atoms with Crippen molar-refractivity contribution in [3.05, 3.63) is 83.6 Å². The highest BCUT2D eigenvalue weighted by Gasteiger charge is 2.32. The van der Waals surface area contributed by atoms with E-state index < -0.39 is 0 Å². The molecule has 1 aliphatic heterocycles. The highest BCUT2D eigenvalue weighted by Crippen LogP contribution is 2.37. The number of nitrogens with zero attached hydrogens (tertiary/aromatic N) is 3. The van der Waals surface area contributed by atoms with Gasteiger partial charge in [0.05, 0.1) is 16.3 Å². The molecule has 3 heterocycles. The molecule has 4 nitrogen and oxygen atoms in total. The molecule has 0 bridgehead atoms. The van der Waals surface area contributed by atoms with Crippen LogP contribution in [0.4, 0.5) is 0 Å². The summed E-state index contributed by atoms with van der Waals surface area (Å²) in [6, 6.07) is 20.1. The highest BCUT2D eigenvalue weighted by atomic mass is 32.1. The van der Waals surface area contributed by atoms with E-state index in [9.17, 15) is 4.79 Å². The minimum Gasteiger partial charge on any atom is -0.329 e. The molecule has 0 radical (unpaired) electrons. The van der Waals surface area contributed by atoms with Gasteiger partial charge in [0.15, 0.2) is 0 Å². The van der Waals surface area contributed by atoms with E-state index in [-0.39, 0.29) is 11.9 Å². The van der Waals surface area contributed by atoms with Crippen LogP contribution in [0.1, 0.15) is 34.2 Å². The van der Waals surface area contributed by atoms with Crippen LogP contribution in [-0.4, -0.2) is 26.9 Å². The Labute approximate surface area is 161 Å². The summed E-state index contributed by atoms with van der Waals surface area (Å²) < 4.78 is 3.22. The molecule has 1 fully saturated rings. The summed E-state index contributed by atoms with van der Waals surface area (Å²) in [5.74, 6) is 0.0933. The standard InChI is InChI=1S/C22H19N3OS/c26-22(16-9-11-17(12-10-16)24-13-3-4-14-24)25-15-5-7-19(25)21-23-18-6-1-2-8-20(18)27-21/h1-4,6,8-14,19H,5,7,15H2/t19-/m0/s1. The number of fused-ring (bicyclic) bond motifs is 1. The lowest BCUT2D eigenvalue weighted by Crippen LogP contribution is -2.30. The van der Waals surface area contributed by atoms with Gasteiger partial charge in [-0.1, -0.05) is 12.1 Å². The van der Waals surface area contributed by atoms with Crippen LogP contribution in [0.5, 0.6) is 0 Å².